The van der Waals surface area contributed by atoms with Gasteiger partial charge in [0.25, 0.3) is 0 Å². The SMILES string of the molecule is CC(=O)Nc1n[nH]c(-c2ccc(F)cc2)n1. The van der Waals surface area contributed by atoms with Crippen molar-refractivity contribution in [3.8, 4) is 11.4 Å². The monoisotopic (exact) mass is 220 g/mol. The molecule has 0 atom stereocenters. The number of carbonyl (C=O) groups excluding carboxylic acids is 1. The van der Waals surface area contributed by atoms with Crippen molar-refractivity contribution in [2.75, 3.05) is 5.32 Å². The first-order valence-electron chi connectivity index (χ1n) is 4.61. The molecule has 5 nitrogen and oxygen atoms in total. The molecule has 82 valence electrons. The van der Waals surface area contributed by atoms with Crippen LogP contribution in [0.25, 0.3) is 11.4 Å². The van der Waals surface area contributed by atoms with Crippen molar-refractivity contribution in [2.45, 2.75) is 6.92 Å². The van der Waals surface area contributed by atoms with Gasteiger partial charge >= 0.3 is 0 Å². The summed E-state index contributed by atoms with van der Waals surface area (Å²) in [6, 6.07) is 5.81. The highest BCUT2D eigenvalue weighted by Gasteiger charge is 2.06. The molecule has 6 heteroatoms. The number of aromatic nitrogens is 3. The summed E-state index contributed by atoms with van der Waals surface area (Å²) < 4.78 is 12.7. The maximum atomic E-state index is 12.7. The minimum Gasteiger partial charge on any atom is -0.293 e. The molecule has 0 spiro atoms. The van der Waals surface area contributed by atoms with Crippen molar-refractivity contribution in [1.29, 1.82) is 0 Å². The molecule has 2 N–H and O–H groups in total. The molecule has 16 heavy (non-hydrogen) atoms. The Hall–Kier alpha value is -2.24. The van der Waals surface area contributed by atoms with Gasteiger partial charge in [-0.3, -0.25) is 15.2 Å². The largest absolute Gasteiger partial charge is 0.293 e. The van der Waals surface area contributed by atoms with Crippen LogP contribution in [0.5, 0.6) is 0 Å². The van der Waals surface area contributed by atoms with E-state index in [1.54, 1.807) is 12.1 Å². The highest BCUT2D eigenvalue weighted by atomic mass is 19.1. The summed E-state index contributed by atoms with van der Waals surface area (Å²) in [6.45, 7) is 1.37. The molecule has 0 bridgehead atoms. The number of amides is 1. The first kappa shape index (κ1) is 10.3. The van der Waals surface area contributed by atoms with Gasteiger partial charge in [-0.25, -0.2) is 4.39 Å². The Labute approximate surface area is 90.7 Å². The fraction of sp³-hybridized carbons (Fsp3) is 0.100. The summed E-state index contributed by atoms with van der Waals surface area (Å²) in [7, 11) is 0. The number of aromatic amines is 1. The Balaban J connectivity index is 2.24. The molecule has 2 rings (SSSR count). The van der Waals surface area contributed by atoms with Gasteiger partial charge in [-0.05, 0) is 24.3 Å². The number of halogens is 1. The molecular formula is C10H9FN4O. The van der Waals surface area contributed by atoms with Crippen molar-refractivity contribution < 1.29 is 9.18 Å². The van der Waals surface area contributed by atoms with Crippen LogP contribution in [0.15, 0.2) is 24.3 Å². The molecule has 0 aliphatic carbocycles. The number of H-pyrrole nitrogens is 1. The van der Waals surface area contributed by atoms with E-state index in [9.17, 15) is 9.18 Å². The van der Waals surface area contributed by atoms with Crippen LogP contribution in [0.3, 0.4) is 0 Å². The van der Waals surface area contributed by atoms with Crippen LogP contribution in [0.1, 0.15) is 6.92 Å². The third-order valence-corrected chi connectivity index (χ3v) is 1.89. The van der Waals surface area contributed by atoms with Crippen molar-refractivity contribution in [3.63, 3.8) is 0 Å². The van der Waals surface area contributed by atoms with Gasteiger partial charge in [0.2, 0.25) is 11.9 Å². The number of hydrogen-bond acceptors (Lipinski definition) is 3. The molecule has 1 amide bonds. The maximum absolute atomic E-state index is 12.7. The zero-order valence-electron chi connectivity index (χ0n) is 8.49. The Morgan fingerprint density at radius 1 is 1.38 bits per heavy atom. The van der Waals surface area contributed by atoms with E-state index in [4.69, 9.17) is 0 Å². The third-order valence-electron chi connectivity index (χ3n) is 1.89. The Bertz CT molecular complexity index is 506. The summed E-state index contributed by atoms with van der Waals surface area (Å²) >= 11 is 0. The standard InChI is InChI=1S/C10H9FN4O/c1-6(16)12-10-13-9(14-15-10)7-2-4-8(11)5-3-7/h2-5H,1H3,(H2,12,13,14,15,16). The van der Waals surface area contributed by atoms with Gasteiger partial charge in [-0.15, -0.1) is 5.10 Å². The van der Waals surface area contributed by atoms with Gasteiger partial charge < -0.3 is 0 Å². The van der Waals surface area contributed by atoms with E-state index in [1.807, 2.05) is 0 Å². The van der Waals surface area contributed by atoms with Crippen molar-refractivity contribution in [2.24, 2.45) is 0 Å². The molecule has 2 aromatic rings. The van der Waals surface area contributed by atoms with Gasteiger partial charge in [-0.1, -0.05) is 0 Å². The quantitative estimate of drug-likeness (QED) is 0.806. The molecule has 0 aliphatic heterocycles. The van der Waals surface area contributed by atoms with Gasteiger partial charge in [0.15, 0.2) is 5.82 Å². The van der Waals surface area contributed by atoms with E-state index < -0.39 is 0 Å². The lowest BCUT2D eigenvalue weighted by Gasteiger charge is -1.94. The molecule has 0 fully saturated rings. The third kappa shape index (κ3) is 2.22. The van der Waals surface area contributed by atoms with Crippen LogP contribution < -0.4 is 5.32 Å². The second-order valence-electron chi connectivity index (χ2n) is 3.20. The van der Waals surface area contributed by atoms with E-state index in [-0.39, 0.29) is 17.7 Å². The molecule has 0 radical (unpaired) electrons. The molecule has 1 aromatic heterocycles. The Morgan fingerprint density at radius 2 is 2.06 bits per heavy atom. The van der Waals surface area contributed by atoms with Crippen LogP contribution in [-0.4, -0.2) is 21.1 Å². The van der Waals surface area contributed by atoms with E-state index in [0.717, 1.165) is 0 Å². The highest BCUT2D eigenvalue weighted by molar-refractivity contribution is 5.86. The lowest BCUT2D eigenvalue weighted by Crippen LogP contribution is -2.06. The minimum atomic E-state index is -0.314. The first-order chi connectivity index (χ1) is 7.65. The van der Waals surface area contributed by atoms with Crippen LogP contribution in [0.4, 0.5) is 10.3 Å². The molecule has 0 aliphatic rings. The van der Waals surface area contributed by atoms with Gasteiger partial charge in [0, 0.05) is 12.5 Å². The number of benzene rings is 1. The van der Waals surface area contributed by atoms with Gasteiger partial charge in [0.1, 0.15) is 5.82 Å². The second-order valence-corrected chi connectivity index (χ2v) is 3.20. The fourth-order valence-electron chi connectivity index (χ4n) is 1.21. The molecule has 0 saturated heterocycles. The van der Waals surface area contributed by atoms with Crippen LogP contribution in [0, 0.1) is 5.82 Å². The normalized spacial score (nSPS) is 10.1. The zero-order chi connectivity index (χ0) is 11.5. The number of nitrogens with zero attached hydrogens (tertiary/aromatic N) is 2. The Morgan fingerprint density at radius 3 is 2.69 bits per heavy atom. The van der Waals surface area contributed by atoms with Crippen LogP contribution >= 0.6 is 0 Å². The van der Waals surface area contributed by atoms with Crippen molar-refractivity contribution in [1.82, 2.24) is 15.2 Å². The molecule has 1 heterocycles. The average Bonchev–Trinajstić information content (AvgIpc) is 2.66. The number of hydrogen-bond donors (Lipinski definition) is 2. The maximum Gasteiger partial charge on any atom is 0.249 e. The predicted molar refractivity (Wildman–Crippen MR) is 56.1 cm³/mol. The Kier molecular flexibility index (Phi) is 2.63. The molecular weight excluding hydrogens is 211 g/mol. The lowest BCUT2D eigenvalue weighted by atomic mass is 10.2. The van der Waals surface area contributed by atoms with E-state index >= 15 is 0 Å². The summed E-state index contributed by atoms with van der Waals surface area (Å²) in [5.41, 5.74) is 0.700. The lowest BCUT2D eigenvalue weighted by molar-refractivity contribution is -0.114. The van der Waals surface area contributed by atoms with Crippen molar-refractivity contribution >= 4 is 11.9 Å². The first-order valence-corrected chi connectivity index (χ1v) is 4.61. The van der Waals surface area contributed by atoms with Crippen molar-refractivity contribution in [3.05, 3.63) is 30.1 Å². The van der Waals surface area contributed by atoms with Gasteiger partial charge in [-0.2, -0.15) is 4.98 Å². The van der Waals surface area contributed by atoms with E-state index in [0.29, 0.717) is 11.4 Å². The van der Waals surface area contributed by atoms with E-state index in [2.05, 4.69) is 20.5 Å². The number of anilines is 1. The van der Waals surface area contributed by atoms with E-state index in [1.165, 1.54) is 19.1 Å². The highest BCUT2D eigenvalue weighted by Crippen LogP contribution is 2.15. The number of carbonyl (C=O) groups is 1. The molecule has 1 aromatic carbocycles. The topological polar surface area (TPSA) is 70.7 Å². The number of nitrogens with one attached hydrogen (secondary N) is 2. The smallest absolute Gasteiger partial charge is 0.249 e. The van der Waals surface area contributed by atoms with Gasteiger partial charge in [0.05, 0.1) is 0 Å². The molecule has 0 saturated carbocycles. The summed E-state index contributed by atoms with van der Waals surface area (Å²) in [5, 5.41) is 8.88. The fourth-order valence-corrected chi connectivity index (χ4v) is 1.21. The predicted octanol–water partition coefficient (Wildman–Crippen LogP) is 1.57. The summed E-state index contributed by atoms with van der Waals surface area (Å²) in [4.78, 5) is 14.8. The second kappa shape index (κ2) is 4.09. The zero-order valence-corrected chi connectivity index (χ0v) is 8.49. The minimum absolute atomic E-state index is 0.201. The number of rotatable bonds is 2. The summed E-state index contributed by atoms with van der Waals surface area (Å²) in [6.07, 6.45) is 0. The summed E-state index contributed by atoms with van der Waals surface area (Å²) in [5.74, 6) is 0.116. The average molecular weight is 220 g/mol. The van der Waals surface area contributed by atoms with Crippen LogP contribution in [0.2, 0.25) is 0 Å². The van der Waals surface area contributed by atoms with Crippen LogP contribution in [-0.2, 0) is 4.79 Å². The molecule has 0 unspecified atom stereocenters.